The highest BCUT2D eigenvalue weighted by Gasteiger charge is 2.59. The van der Waals surface area contributed by atoms with Crippen LogP contribution in [0.5, 0.6) is 0 Å². The topological polar surface area (TPSA) is 49.8 Å². The first-order chi connectivity index (χ1) is 16.3. The number of methoxy groups -OCH3 is 1. The van der Waals surface area contributed by atoms with Gasteiger partial charge in [0.1, 0.15) is 0 Å². The van der Waals surface area contributed by atoms with E-state index in [0.717, 1.165) is 68.9 Å². The highest BCUT2D eigenvalue weighted by atomic mass is 16.5. The Bertz CT molecular complexity index is 794. The van der Waals surface area contributed by atoms with Gasteiger partial charge in [-0.05, 0) is 111 Å². The molecule has 4 fully saturated rings. The lowest BCUT2D eigenvalue weighted by Crippen LogP contribution is -2.50. The van der Waals surface area contributed by atoms with Crippen LogP contribution in [0.2, 0.25) is 0 Å². The van der Waals surface area contributed by atoms with E-state index < -0.39 is 0 Å². The zero-order valence-corrected chi connectivity index (χ0v) is 22.2. The maximum absolute atomic E-state index is 13.0. The quantitative estimate of drug-likeness (QED) is 0.502. The Hall–Kier alpha value is -0.870. The summed E-state index contributed by atoms with van der Waals surface area (Å²) < 4.78 is 5.53. The molecule has 5 rings (SSSR count). The molecule has 1 unspecified atom stereocenters. The molecule has 0 spiro atoms. The van der Waals surface area contributed by atoms with Crippen molar-refractivity contribution in [2.24, 2.45) is 40.4 Å². The first-order valence-electron chi connectivity index (χ1n) is 14.4. The summed E-state index contributed by atoms with van der Waals surface area (Å²) in [5.41, 5.74) is 2.34. The van der Waals surface area contributed by atoms with Crippen molar-refractivity contribution in [1.29, 1.82) is 0 Å². The number of nitrogens with zero attached hydrogens (tertiary/aromatic N) is 1. The van der Waals surface area contributed by atoms with Crippen LogP contribution in [0, 0.1) is 40.4 Å². The Kier molecular flexibility index (Phi) is 6.96. The third-order valence-electron chi connectivity index (χ3n) is 11.7. The lowest BCUT2D eigenvalue weighted by atomic mass is 9.47. The van der Waals surface area contributed by atoms with E-state index in [1.54, 1.807) is 12.7 Å². The van der Waals surface area contributed by atoms with Gasteiger partial charge in [0.05, 0.1) is 12.2 Å². The maximum atomic E-state index is 13.0. The fourth-order valence-corrected chi connectivity index (χ4v) is 9.68. The van der Waals surface area contributed by atoms with Gasteiger partial charge in [0.25, 0.3) is 0 Å². The van der Waals surface area contributed by atoms with Gasteiger partial charge >= 0.3 is 0 Å². The number of allylic oxidation sites excluding steroid dienone is 1. The fourth-order valence-electron chi connectivity index (χ4n) is 9.68. The third-order valence-corrected chi connectivity index (χ3v) is 11.7. The van der Waals surface area contributed by atoms with Gasteiger partial charge in [-0.25, -0.2) is 0 Å². The number of aliphatic hydroxyl groups is 1. The van der Waals surface area contributed by atoms with Crippen molar-refractivity contribution in [3.63, 3.8) is 0 Å². The van der Waals surface area contributed by atoms with Crippen LogP contribution < -0.4 is 0 Å². The second kappa shape index (κ2) is 9.54. The van der Waals surface area contributed by atoms with Gasteiger partial charge < -0.3 is 14.7 Å². The number of carbonyl (C=O) groups is 1. The number of aliphatic hydroxyl groups excluding tert-OH is 1. The van der Waals surface area contributed by atoms with Crippen LogP contribution >= 0.6 is 0 Å². The first kappa shape index (κ1) is 24.8. The molecule has 1 saturated heterocycles. The molecule has 1 N–H and O–H groups in total. The van der Waals surface area contributed by atoms with E-state index in [1.807, 2.05) is 0 Å². The number of fused-ring (bicyclic) bond motifs is 5. The molecule has 34 heavy (non-hydrogen) atoms. The molecule has 3 saturated carbocycles. The minimum absolute atomic E-state index is 0.116. The molecule has 0 bridgehead atoms. The molecule has 5 aliphatic rings. The van der Waals surface area contributed by atoms with Crippen molar-refractivity contribution in [2.45, 2.75) is 110 Å². The largest absolute Gasteiger partial charge is 0.393 e. The van der Waals surface area contributed by atoms with E-state index in [9.17, 15) is 9.90 Å². The van der Waals surface area contributed by atoms with E-state index in [2.05, 4.69) is 31.7 Å². The minimum atomic E-state index is -0.116. The highest BCUT2D eigenvalue weighted by Crippen LogP contribution is 2.67. The summed E-state index contributed by atoms with van der Waals surface area (Å²) in [6, 6.07) is 0. The van der Waals surface area contributed by atoms with Crippen LogP contribution in [0.15, 0.2) is 11.6 Å². The van der Waals surface area contributed by atoms with Crippen molar-refractivity contribution in [2.75, 3.05) is 20.2 Å². The lowest BCUT2D eigenvalue weighted by Gasteiger charge is -2.58. The van der Waals surface area contributed by atoms with Crippen molar-refractivity contribution in [3.05, 3.63) is 11.6 Å². The zero-order valence-electron chi connectivity index (χ0n) is 22.2. The standard InChI is InChI=1S/C30H49NO3/c1-20(7-12-28(33)31-17-5-6-23(19-31)34-4)25-10-11-26-24-9-8-21-18-22(32)13-15-29(21,2)27(24)14-16-30(25,26)3/h8,20,22-27,32H,5-7,9-19H2,1-4H3/t20?,22-,23-,24-,25+,26-,27-,29-,30+/m0/s1. The van der Waals surface area contributed by atoms with E-state index in [-0.39, 0.29) is 12.2 Å². The second-order valence-electron chi connectivity index (χ2n) is 13.2. The third kappa shape index (κ3) is 4.19. The summed E-state index contributed by atoms with van der Waals surface area (Å²) in [7, 11) is 1.77. The van der Waals surface area contributed by atoms with Gasteiger partial charge in [-0.1, -0.05) is 32.4 Å². The highest BCUT2D eigenvalue weighted by molar-refractivity contribution is 5.76. The van der Waals surface area contributed by atoms with Gasteiger partial charge in [-0.15, -0.1) is 0 Å². The van der Waals surface area contributed by atoms with E-state index in [1.165, 1.54) is 38.5 Å². The number of hydrogen-bond donors (Lipinski definition) is 1. The smallest absolute Gasteiger partial charge is 0.222 e. The summed E-state index contributed by atoms with van der Waals surface area (Å²) in [4.78, 5) is 15.0. The zero-order chi connectivity index (χ0) is 24.1. The predicted octanol–water partition coefficient (Wildman–Crippen LogP) is 5.98. The molecule has 0 aromatic rings. The van der Waals surface area contributed by atoms with Crippen molar-refractivity contribution < 1.29 is 14.6 Å². The number of amides is 1. The number of ether oxygens (including phenoxy) is 1. The minimum Gasteiger partial charge on any atom is -0.393 e. The molecule has 1 heterocycles. The molecule has 1 aliphatic heterocycles. The van der Waals surface area contributed by atoms with Crippen LogP contribution in [-0.2, 0) is 9.53 Å². The number of likely N-dealkylation sites (tertiary alicyclic amines) is 1. The summed E-state index contributed by atoms with van der Waals surface area (Å²) in [5, 5.41) is 10.3. The normalized spacial score (nSPS) is 45.1. The summed E-state index contributed by atoms with van der Waals surface area (Å²) in [6.07, 6.45) is 16.3. The van der Waals surface area contributed by atoms with E-state index >= 15 is 0 Å². The van der Waals surface area contributed by atoms with Gasteiger partial charge in [0, 0.05) is 26.6 Å². The Morgan fingerprint density at radius 2 is 2.00 bits per heavy atom. The molecule has 0 aromatic heterocycles. The Morgan fingerprint density at radius 3 is 2.79 bits per heavy atom. The molecule has 1 amide bonds. The molecular weight excluding hydrogens is 422 g/mol. The van der Waals surface area contributed by atoms with Crippen LogP contribution in [0.25, 0.3) is 0 Å². The molecule has 4 aliphatic carbocycles. The second-order valence-corrected chi connectivity index (χ2v) is 13.2. The number of piperidine rings is 1. The van der Waals surface area contributed by atoms with Crippen molar-refractivity contribution in [3.8, 4) is 0 Å². The SMILES string of the molecule is CO[C@H]1CCCN(C(=O)CCC(C)[C@H]2CC[C@H]3[C@@H]4CC=C5C[C@@H](O)CC[C@]5(C)[C@H]4CC[C@]23C)C1. The number of rotatable bonds is 5. The number of hydrogen-bond acceptors (Lipinski definition) is 3. The predicted molar refractivity (Wildman–Crippen MR) is 136 cm³/mol. The van der Waals surface area contributed by atoms with Crippen LogP contribution in [0.3, 0.4) is 0 Å². The molecular formula is C30H49NO3. The molecule has 0 radical (unpaired) electrons. The summed E-state index contributed by atoms with van der Waals surface area (Å²) in [5.74, 6) is 4.18. The Balaban J connectivity index is 1.22. The Morgan fingerprint density at radius 1 is 1.18 bits per heavy atom. The number of carbonyl (C=O) groups excluding carboxylic acids is 1. The first-order valence-corrected chi connectivity index (χ1v) is 14.4. The van der Waals surface area contributed by atoms with Crippen LogP contribution in [0.4, 0.5) is 0 Å². The van der Waals surface area contributed by atoms with Gasteiger partial charge in [-0.3, -0.25) is 4.79 Å². The average Bonchev–Trinajstić information content (AvgIpc) is 3.20. The Labute approximate surface area is 207 Å². The van der Waals surface area contributed by atoms with Gasteiger partial charge in [-0.2, -0.15) is 0 Å². The van der Waals surface area contributed by atoms with Crippen molar-refractivity contribution >= 4 is 5.91 Å². The molecule has 192 valence electrons. The fraction of sp³-hybridized carbons (Fsp3) is 0.900. The van der Waals surface area contributed by atoms with Crippen LogP contribution in [-0.4, -0.2) is 48.3 Å². The van der Waals surface area contributed by atoms with E-state index in [0.29, 0.717) is 29.1 Å². The van der Waals surface area contributed by atoms with Gasteiger partial charge in [0.15, 0.2) is 0 Å². The molecule has 0 aromatic carbocycles. The van der Waals surface area contributed by atoms with Gasteiger partial charge in [0.2, 0.25) is 5.91 Å². The molecule has 4 heteroatoms. The summed E-state index contributed by atoms with van der Waals surface area (Å²) >= 11 is 0. The van der Waals surface area contributed by atoms with Crippen LogP contribution in [0.1, 0.15) is 97.8 Å². The van der Waals surface area contributed by atoms with E-state index in [4.69, 9.17) is 4.74 Å². The monoisotopic (exact) mass is 471 g/mol. The molecule has 4 nitrogen and oxygen atoms in total. The lowest BCUT2D eigenvalue weighted by molar-refractivity contribution is -0.135. The average molecular weight is 472 g/mol. The maximum Gasteiger partial charge on any atom is 0.222 e. The molecule has 9 atom stereocenters. The summed E-state index contributed by atoms with van der Waals surface area (Å²) in [6.45, 7) is 9.27. The van der Waals surface area contributed by atoms with Crippen molar-refractivity contribution in [1.82, 2.24) is 4.90 Å².